The Morgan fingerprint density at radius 1 is 0.649 bits per heavy atom. The van der Waals surface area contributed by atoms with Gasteiger partial charge >= 0.3 is 11.9 Å². The standard InChI is InChI=1S/C31H51NO5/c1-5-6-7-8-9-10-11-12-13-14-15-16-17-29-18-20-30(21-19-29)22-23-31(32-26(2)33,24-36-27(3)34)25-37-28(4)35/h18-21H,5-17,22-25H2,1-4H3,(H,32,33). The van der Waals surface area contributed by atoms with Crippen LogP contribution in [0.3, 0.4) is 0 Å². The Bertz CT molecular complexity index is 756. The quantitative estimate of drug-likeness (QED) is 0.142. The molecule has 0 saturated carbocycles. The van der Waals surface area contributed by atoms with E-state index < -0.39 is 17.5 Å². The molecule has 0 spiro atoms. The fourth-order valence-corrected chi connectivity index (χ4v) is 4.60. The minimum absolute atomic E-state index is 0.0494. The lowest BCUT2D eigenvalue weighted by Crippen LogP contribution is -2.55. The molecule has 0 aromatic heterocycles. The maximum atomic E-state index is 11.9. The van der Waals surface area contributed by atoms with Crippen LogP contribution in [0.5, 0.6) is 0 Å². The van der Waals surface area contributed by atoms with Crippen LogP contribution in [0.1, 0.15) is 122 Å². The predicted molar refractivity (Wildman–Crippen MR) is 149 cm³/mol. The summed E-state index contributed by atoms with van der Waals surface area (Å²) < 4.78 is 10.4. The van der Waals surface area contributed by atoms with Crippen LogP contribution in [-0.2, 0) is 36.7 Å². The van der Waals surface area contributed by atoms with Gasteiger partial charge in [0.15, 0.2) is 0 Å². The first-order chi connectivity index (χ1) is 17.8. The van der Waals surface area contributed by atoms with Crippen molar-refractivity contribution in [3.8, 4) is 0 Å². The lowest BCUT2D eigenvalue weighted by atomic mass is 9.91. The zero-order chi connectivity index (χ0) is 27.4. The van der Waals surface area contributed by atoms with Crippen LogP contribution in [0.15, 0.2) is 24.3 Å². The maximum Gasteiger partial charge on any atom is 0.302 e. The van der Waals surface area contributed by atoms with Gasteiger partial charge in [-0.3, -0.25) is 14.4 Å². The van der Waals surface area contributed by atoms with Crippen LogP contribution in [0.25, 0.3) is 0 Å². The second kappa shape index (κ2) is 19.7. The molecular formula is C31H51NO5. The largest absolute Gasteiger partial charge is 0.463 e. The highest BCUT2D eigenvalue weighted by atomic mass is 16.5. The molecule has 6 heteroatoms. The number of ether oxygens (including phenoxy) is 2. The molecule has 1 aromatic rings. The fourth-order valence-electron chi connectivity index (χ4n) is 4.60. The van der Waals surface area contributed by atoms with Gasteiger partial charge in [-0.05, 0) is 36.8 Å². The number of nitrogens with one attached hydrogen (secondary N) is 1. The zero-order valence-corrected chi connectivity index (χ0v) is 23.9. The molecule has 0 atom stereocenters. The van der Waals surface area contributed by atoms with E-state index in [1.165, 1.54) is 103 Å². The minimum atomic E-state index is -0.961. The number of carbonyl (C=O) groups is 3. The van der Waals surface area contributed by atoms with Gasteiger partial charge in [0.25, 0.3) is 0 Å². The van der Waals surface area contributed by atoms with E-state index in [0.717, 1.165) is 12.0 Å². The molecule has 0 aliphatic rings. The van der Waals surface area contributed by atoms with Crippen molar-refractivity contribution in [3.63, 3.8) is 0 Å². The Morgan fingerprint density at radius 2 is 1.05 bits per heavy atom. The minimum Gasteiger partial charge on any atom is -0.463 e. The van der Waals surface area contributed by atoms with Crippen molar-refractivity contribution in [1.82, 2.24) is 5.32 Å². The lowest BCUT2D eigenvalue weighted by molar-refractivity contribution is -0.150. The summed E-state index contributed by atoms with van der Waals surface area (Å²) >= 11 is 0. The van der Waals surface area contributed by atoms with E-state index in [-0.39, 0.29) is 19.1 Å². The third-order valence-corrected chi connectivity index (χ3v) is 6.78. The third kappa shape index (κ3) is 16.9. The number of rotatable bonds is 21. The topological polar surface area (TPSA) is 81.7 Å². The lowest BCUT2D eigenvalue weighted by Gasteiger charge is -2.33. The molecule has 37 heavy (non-hydrogen) atoms. The van der Waals surface area contributed by atoms with Crippen molar-refractivity contribution in [1.29, 1.82) is 0 Å². The molecule has 6 nitrogen and oxygen atoms in total. The number of esters is 2. The molecule has 0 saturated heterocycles. The van der Waals surface area contributed by atoms with Gasteiger partial charge < -0.3 is 14.8 Å². The summed E-state index contributed by atoms with van der Waals surface area (Å²) in [6.45, 7) is 6.21. The van der Waals surface area contributed by atoms with Gasteiger partial charge in [-0.15, -0.1) is 0 Å². The highest BCUT2D eigenvalue weighted by Crippen LogP contribution is 2.19. The molecule has 0 heterocycles. The number of unbranched alkanes of at least 4 members (excludes halogenated alkanes) is 11. The SMILES string of the molecule is CCCCCCCCCCCCCCc1ccc(CCC(COC(C)=O)(COC(C)=O)NC(C)=O)cc1. The molecule has 210 valence electrons. The first kappa shape index (κ1) is 32.7. The molecule has 1 aromatic carbocycles. The van der Waals surface area contributed by atoms with E-state index in [1.54, 1.807) is 0 Å². The summed E-state index contributed by atoms with van der Waals surface area (Å²) in [5.41, 5.74) is 1.50. The second-order valence-electron chi connectivity index (χ2n) is 10.5. The molecule has 0 bridgehead atoms. The van der Waals surface area contributed by atoms with E-state index in [9.17, 15) is 14.4 Å². The monoisotopic (exact) mass is 517 g/mol. The van der Waals surface area contributed by atoms with E-state index in [0.29, 0.717) is 12.8 Å². The first-order valence-electron chi connectivity index (χ1n) is 14.4. The van der Waals surface area contributed by atoms with E-state index in [2.05, 4.69) is 36.5 Å². The Kier molecular flexibility index (Phi) is 17.4. The van der Waals surface area contributed by atoms with Crippen molar-refractivity contribution in [2.45, 2.75) is 130 Å². The number of hydrogen-bond acceptors (Lipinski definition) is 5. The summed E-state index contributed by atoms with van der Waals surface area (Å²) in [6.07, 6.45) is 18.5. The van der Waals surface area contributed by atoms with Crippen LogP contribution in [0, 0.1) is 0 Å². The molecule has 0 aliphatic carbocycles. The number of benzene rings is 1. The molecule has 1 rings (SSSR count). The predicted octanol–water partition coefficient (Wildman–Crippen LogP) is 6.86. The van der Waals surface area contributed by atoms with Crippen molar-refractivity contribution in [3.05, 3.63) is 35.4 Å². The number of amides is 1. The summed E-state index contributed by atoms with van der Waals surface area (Å²) in [7, 11) is 0. The van der Waals surface area contributed by atoms with Gasteiger partial charge in [0, 0.05) is 20.8 Å². The van der Waals surface area contributed by atoms with Crippen molar-refractivity contribution in [2.75, 3.05) is 13.2 Å². The summed E-state index contributed by atoms with van der Waals surface area (Å²) in [4.78, 5) is 34.7. The smallest absolute Gasteiger partial charge is 0.302 e. The molecule has 0 radical (unpaired) electrons. The Morgan fingerprint density at radius 3 is 1.46 bits per heavy atom. The molecule has 0 unspecified atom stereocenters. The Balaban J connectivity index is 2.40. The number of hydrogen-bond donors (Lipinski definition) is 1. The van der Waals surface area contributed by atoms with E-state index in [4.69, 9.17) is 9.47 Å². The van der Waals surface area contributed by atoms with Crippen LogP contribution >= 0.6 is 0 Å². The Labute approximate surface area is 225 Å². The summed E-state index contributed by atoms with van der Waals surface area (Å²) in [5.74, 6) is -1.16. The van der Waals surface area contributed by atoms with Crippen molar-refractivity contribution in [2.24, 2.45) is 0 Å². The molecule has 0 aliphatic heterocycles. The highest BCUT2D eigenvalue weighted by molar-refractivity contribution is 5.74. The molecular weight excluding hydrogens is 466 g/mol. The third-order valence-electron chi connectivity index (χ3n) is 6.78. The van der Waals surface area contributed by atoms with Gasteiger partial charge in [0.2, 0.25) is 5.91 Å². The van der Waals surface area contributed by atoms with Crippen LogP contribution < -0.4 is 5.32 Å². The van der Waals surface area contributed by atoms with Gasteiger partial charge in [-0.2, -0.15) is 0 Å². The van der Waals surface area contributed by atoms with Crippen LogP contribution in [0.2, 0.25) is 0 Å². The van der Waals surface area contributed by atoms with Crippen LogP contribution in [-0.4, -0.2) is 36.6 Å². The second-order valence-corrected chi connectivity index (χ2v) is 10.5. The fraction of sp³-hybridized carbons (Fsp3) is 0.710. The summed E-state index contributed by atoms with van der Waals surface area (Å²) in [5, 5.41) is 2.86. The van der Waals surface area contributed by atoms with Crippen LogP contribution in [0.4, 0.5) is 0 Å². The molecule has 1 amide bonds. The van der Waals surface area contributed by atoms with Crippen molar-refractivity contribution < 1.29 is 23.9 Å². The van der Waals surface area contributed by atoms with Gasteiger partial charge in [0.1, 0.15) is 18.8 Å². The normalized spacial score (nSPS) is 11.2. The van der Waals surface area contributed by atoms with E-state index >= 15 is 0 Å². The highest BCUT2D eigenvalue weighted by Gasteiger charge is 2.34. The molecule has 1 N–H and O–H groups in total. The first-order valence-corrected chi connectivity index (χ1v) is 14.4. The number of aryl methyl sites for hydroxylation is 2. The van der Waals surface area contributed by atoms with Gasteiger partial charge in [-0.25, -0.2) is 0 Å². The zero-order valence-electron chi connectivity index (χ0n) is 23.9. The van der Waals surface area contributed by atoms with Gasteiger partial charge in [-0.1, -0.05) is 102 Å². The van der Waals surface area contributed by atoms with Crippen molar-refractivity contribution >= 4 is 17.8 Å². The van der Waals surface area contributed by atoms with E-state index in [1.807, 2.05) is 0 Å². The maximum absolute atomic E-state index is 11.9. The Hall–Kier alpha value is -2.37. The average molecular weight is 518 g/mol. The average Bonchev–Trinajstić information content (AvgIpc) is 2.86. The van der Waals surface area contributed by atoms with Gasteiger partial charge in [0.05, 0.1) is 0 Å². The summed E-state index contributed by atoms with van der Waals surface area (Å²) in [6, 6.07) is 8.58. The molecule has 0 fully saturated rings. The number of carbonyl (C=O) groups excluding carboxylic acids is 3.